The molecule has 0 N–H and O–H groups in total. The Balaban J connectivity index is 1.46. The second-order valence-corrected chi connectivity index (χ2v) is 13.9. The Morgan fingerprint density at radius 3 is 1.24 bits per heavy atom. The van der Waals surface area contributed by atoms with Gasteiger partial charge in [0, 0.05) is 37.3 Å². The fraction of sp³-hybridized carbons (Fsp3) is 0.154. The molecule has 2 aromatic heterocycles. The third kappa shape index (κ3) is 5.88. The van der Waals surface area contributed by atoms with E-state index in [9.17, 15) is 16.8 Å². The number of thiophene rings is 2. The van der Waals surface area contributed by atoms with Gasteiger partial charge in [-0.25, -0.2) is 0 Å². The molecule has 1 aliphatic rings. The van der Waals surface area contributed by atoms with Crippen molar-refractivity contribution >= 4 is 54.4 Å². The normalized spacial score (nSPS) is 15.6. The summed E-state index contributed by atoms with van der Waals surface area (Å²) in [6, 6.07) is 24.9. The van der Waals surface area contributed by atoms with Crippen LogP contribution >= 0.6 is 22.7 Å². The summed E-state index contributed by atoms with van der Waals surface area (Å²) in [6.07, 6.45) is 0. The highest BCUT2D eigenvalue weighted by molar-refractivity contribution is 7.92. The van der Waals surface area contributed by atoms with Crippen molar-refractivity contribution < 1.29 is 16.8 Å². The maximum atomic E-state index is 13.0. The van der Waals surface area contributed by atoms with E-state index in [1.54, 1.807) is 35.0 Å². The maximum Gasteiger partial charge on any atom is 0.293 e. The Morgan fingerprint density at radius 1 is 0.553 bits per heavy atom. The number of amidine groups is 2. The van der Waals surface area contributed by atoms with E-state index >= 15 is 0 Å². The SMILES string of the molecule is O=S(=O)(N=C(c1ccccc1)N1CCN(C(=NS(=O)(=O)c2cccs2)c2ccccc2)CC1)c1cccs1. The highest BCUT2D eigenvalue weighted by atomic mass is 32.3. The van der Waals surface area contributed by atoms with Gasteiger partial charge in [-0.05, 0) is 22.9 Å². The molecule has 4 aromatic rings. The maximum absolute atomic E-state index is 13.0. The van der Waals surface area contributed by atoms with E-state index < -0.39 is 20.0 Å². The zero-order valence-corrected chi connectivity index (χ0v) is 23.4. The Labute approximate surface area is 230 Å². The standard InChI is InChI=1S/C26H24N4O4S4/c31-37(32,23-13-7-19-35-23)27-25(21-9-3-1-4-10-21)29-15-17-30(18-16-29)26(22-11-5-2-6-12-22)28-38(33,34)24-14-8-20-36-24/h1-14,19-20H,15-18H2. The lowest BCUT2D eigenvalue weighted by Gasteiger charge is -2.38. The summed E-state index contributed by atoms with van der Waals surface area (Å²) in [5, 5.41) is 3.41. The number of rotatable bonds is 6. The quantitative estimate of drug-likeness (QED) is 0.246. The Hall–Kier alpha value is -3.32. The van der Waals surface area contributed by atoms with Crippen LogP contribution in [0.5, 0.6) is 0 Å². The molecule has 0 aliphatic carbocycles. The minimum Gasteiger partial charge on any atom is -0.352 e. The van der Waals surface area contributed by atoms with Gasteiger partial charge in [0.25, 0.3) is 20.0 Å². The highest BCUT2D eigenvalue weighted by Gasteiger charge is 2.28. The lowest BCUT2D eigenvalue weighted by Crippen LogP contribution is -2.51. The van der Waals surface area contributed by atoms with Crippen molar-refractivity contribution in [3.63, 3.8) is 0 Å². The summed E-state index contributed by atoms with van der Waals surface area (Å²) in [5.74, 6) is 0.728. The lowest BCUT2D eigenvalue weighted by molar-refractivity contribution is 0.260. The average molecular weight is 585 g/mol. The molecule has 38 heavy (non-hydrogen) atoms. The molecule has 12 heteroatoms. The van der Waals surface area contributed by atoms with Crippen molar-refractivity contribution in [2.24, 2.45) is 8.80 Å². The predicted octanol–water partition coefficient (Wildman–Crippen LogP) is 4.40. The Morgan fingerprint density at radius 2 is 0.921 bits per heavy atom. The first-order valence-electron chi connectivity index (χ1n) is 11.7. The highest BCUT2D eigenvalue weighted by Crippen LogP contribution is 2.23. The van der Waals surface area contributed by atoms with E-state index in [0.29, 0.717) is 49.0 Å². The van der Waals surface area contributed by atoms with Crippen molar-refractivity contribution in [3.05, 3.63) is 107 Å². The molecule has 3 heterocycles. The summed E-state index contributed by atoms with van der Waals surface area (Å²) in [5.41, 5.74) is 1.39. The molecule has 5 rings (SSSR count). The first kappa shape index (κ1) is 26.3. The van der Waals surface area contributed by atoms with E-state index in [2.05, 4.69) is 8.80 Å². The van der Waals surface area contributed by atoms with Crippen LogP contribution in [0.3, 0.4) is 0 Å². The molecule has 0 atom stereocenters. The van der Waals surface area contributed by atoms with Crippen LogP contribution in [0.2, 0.25) is 0 Å². The minimum absolute atomic E-state index is 0.182. The van der Waals surface area contributed by atoms with Crippen LogP contribution < -0.4 is 0 Å². The number of hydrogen-bond acceptors (Lipinski definition) is 6. The zero-order chi connectivity index (χ0) is 26.6. The number of sulfonamides is 2. The van der Waals surface area contributed by atoms with E-state index in [0.717, 1.165) is 22.7 Å². The van der Waals surface area contributed by atoms with E-state index in [4.69, 9.17) is 0 Å². The molecular weight excluding hydrogens is 561 g/mol. The van der Waals surface area contributed by atoms with Gasteiger partial charge in [0.2, 0.25) is 0 Å². The number of hydrogen-bond donors (Lipinski definition) is 0. The third-order valence-corrected chi connectivity index (χ3v) is 11.1. The van der Waals surface area contributed by atoms with Gasteiger partial charge in [0.05, 0.1) is 0 Å². The number of benzene rings is 2. The predicted molar refractivity (Wildman–Crippen MR) is 152 cm³/mol. The summed E-state index contributed by atoms with van der Waals surface area (Å²) in [4.78, 5) is 3.85. The van der Waals surface area contributed by atoms with Crippen LogP contribution in [-0.2, 0) is 20.0 Å². The summed E-state index contributed by atoms with van der Waals surface area (Å²) < 4.78 is 61.1. The number of nitrogens with zero attached hydrogens (tertiary/aromatic N) is 4. The van der Waals surface area contributed by atoms with E-state index in [-0.39, 0.29) is 8.42 Å². The third-order valence-electron chi connectivity index (χ3n) is 5.85. The van der Waals surface area contributed by atoms with Gasteiger partial charge in [-0.3, -0.25) is 0 Å². The molecule has 196 valence electrons. The van der Waals surface area contributed by atoms with Gasteiger partial charge < -0.3 is 9.80 Å². The molecule has 0 unspecified atom stereocenters. The molecule has 1 aliphatic heterocycles. The average Bonchev–Trinajstić information content (AvgIpc) is 3.68. The number of piperazine rings is 1. The van der Waals surface area contributed by atoms with E-state index in [1.807, 2.05) is 70.5 Å². The second-order valence-electron chi connectivity index (χ2n) is 8.35. The molecule has 1 saturated heterocycles. The van der Waals surface area contributed by atoms with Crippen molar-refractivity contribution in [3.8, 4) is 0 Å². The molecule has 8 nitrogen and oxygen atoms in total. The van der Waals surface area contributed by atoms with Crippen molar-refractivity contribution in [1.29, 1.82) is 0 Å². The van der Waals surface area contributed by atoms with Crippen molar-refractivity contribution in [1.82, 2.24) is 9.80 Å². The fourth-order valence-electron chi connectivity index (χ4n) is 4.03. The minimum atomic E-state index is -3.89. The monoisotopic (exact) mass is 584 g/mol. The second kappa shape index (κ2) is 11.2. The lowest BCUT2D eigenvalue weighted by atomic mass is 10.1. The van der Waals surface area contributed by atoms with Gasteiger partial charge in [-0.1, -0.05) is 72.8 Å². The smallest absolute Gasteiger partial charge is 0.293 e. The summed E-state index contributed by atoms with van der Waals surface area (Å²) >= 11 is 2.25. The van der Waals surface area contributed by atoms with Gasteiger partial charge in [-0.2, -0.15) is 16.8 Å². The zero-order valence-electron chi connectivity index (χ0n) is 20.1. The summed E-state index contributed by atoms with van der Waals surface area (Å²) in [7, 11) is -7.77. The molecule has 1 fully saturated rings. The van der Waals surface area contributed by atoms with Gasteiger partial charge in [0.15, 0.2) is 0 Å². The van der Waals surface area contributed by atoms with Crippen LogP contribution in [0.25, 0.3) is 0 Å². The molecule has 0 radical (unpaired) electrons. The first-order chi connectivity index (χ1) is 18.3. The molecule has 0 spiro atoms. The molecule has 2 aromatic carbocycles. The van der Waals surface area contributed by atoms with E-state index in [1.165, 1.54) is 0 Å². The fourth-order valence-corrected chi connectivity index (χ4v) is 8.03. The van der Waals surface area contributed by atoms with Crippen LogP contribution in [0.15, 0.2) is 113 Å². The van der Waals surface area contributed by atoms with Gasteiger partial charge in [0.1, 0.15) is 20.1 Å². The first-order valence-corrected chi connectivity index (χ1v) is 16.4. The topological polar surface area (TPSA) is 99.5 Å². The van der Waals surface area contributed by atoms with Crippen LogP contribution in [-0.4, -0.2) is 64.5 Å². The molecule has 0 bridgehead atoms. The van der Waals surface area contributed by atoms with Gasteiger partial charge >= 0.3 is 0 Å². The molecule has 0 amide bonds. The van der Waals surface area contributed by atoms with Crippen molar-refractivity contribution in [2.75, 3.05) is 26.2 Å². The van der Waals surface area contributed by atoms with Crippen molar-refractivity contribution in [2.45, 2.75) is 8.42 Å². The van der Waals surface area contributed by atoms with Crippen LogP contribution in [0.1, 0.15) is 11.1 Å². The Kier molecular flexibility index (Phi) is 7.75. The Bertz CT molecular complexity index is 1500. The summed E-state index contributed by atoms with van der Waals surface area (Å²) in [6.45, 7) is 1.72. The van der Waals surface area contributed by atoms with Gasteiger partial charge in [-0.15, -0.1) is 31.5 Å². The largest absolute Gasteiger partial charge is 0.352 e. The molecule has 0 saturated carbocycles. The molecular formula is C26H24N4O4S4. The van der Waals surface area contributed by atoms with Crippen LogP contribution in [0.4, 0.5) is 0 Å². The van der Waals surface area contributed by atoms with Crippen LogP contribution in [0, 0.1) is 0 Å².